The topological polar surface area (TPSA) is 128 Å². The molecular weight excluding hydrogens is 514 g/mol. The fourth-order valence-electron chi connectivity index (χ4n) is 5.10. The maximum Gasteiger partial charge on any atom is 0.311 e. The van der Waals surface area contributed by atoms with Crippen LogP contribution in [-0.4, -0.2) is 47.9 Å². The number of nitro benzene ring substituents is 1. The molecule has 40 heavy (non-hydrogen) atoms. The first kappa shape index (κ1) is 28.3. The summed E-state index contributed by atoms with van der Waals surface area (Å²) in [6.07, 6.45) is 0.540. The van der Waals surface area contributed by atoms with Crippen LogP contribution in [0, 0.1) is 16.0 Å². The monoisotopic (exact) mass is 545 g/mol. The number of non-ortho nitro benzene ring substituents is 1. The van der Waals surface area contributed by atoms with Crippen LogP contribution in [0.25, 0.3) is 0 Å². The van der Waals surface area contributed by atoms with Crippen molar-refractivity contribution < 1.29 is 28.8 Å². The van der Waals surface area contributed by atoms with E-state index >= 15 is 0 Å². The summed E-state index contributed by atoms with van der Waals surface area (Å²) in [6, 6.07) is 20.6. The van der Waals surface area contributed by atoms with Gasteiger partial charge in [0.1, 0.15) is 11.8 Å². The summed E-state index contributed by atoms with van der Waals surface area (Å²) >= 11 is 0. The molecule has 0 aliphatic carbocycles. The van der Waals surface area contributed by atoms with Gasteiger partial charge in [0, 0.05) is 25.1 Å². The molecule has 1 aliphatic heterocycles. The zero-order chi connectivity index (χ0) is 28.6. The Hall–Kier alpha value is -4.73. The van der Waals surface area contributed by atoms with Crippen molar-refractivity contribution in [3.63, 3.8) is 0 Å². The molecule has 10 heteroatoms. The van der Waals surface area contributed by atoms with Crippen molar-refractivity contribution in [2.24, 2.45) is 5.92 Å². The lowest BCUT2D eigenvalue weighted by Gasteiger charge is -2.31. The molecule has 2 amide bonds. The fraction of sp³-hybridized carbons (Fsp3) is 0.300. The predicted molar refractivity (Wildman–Crippen MR) is 146 cm³/mol. The summed E-state index contributed by atoms with van der Waals surface area (Å²) in [6.45, 7) is 0.204. The number of carbonyl (C=O) groups is 3. The first-order valence-electron chi connectivity index (χ1n) is 12.9. The Bertz CT molecular complexity index is 1360. The number of nitro groups is 1. The van der Waals surface area contributed by atoms with Gasteiger partial charge in [-0.1, -0.05) is 54.6 Å². The summed E-state index contributed by atoms with van der Waals surface area (Å²) in [7, 11) is 2.81. The Balaban J connectivity index is 1.65. The van der Waals surface area contributed by atoms with E-state index in [-0.39, 0.29) is 31.0 Å². The molecule has 0 aromatic heterocycles. The second-order valence-electron chi connectivity index (χ2n) is 9.53. The number of likely N-dealkylation sites (tertiary alicyclic amines) is 1. The molecule has 10 nitrogen and oxygen atoms in total. The molecule has 0 bridgehead atoms. The molecule has 3 aromatic rings. The van der Waals surface area contributed by atoms with Crippen LogP contribution >= 0.6 is 0 Å². The minimum absolute atomic E-state index is 0.0194. The van der Waals surface area contributed by atoms with Crippen molar-refractivity contribution in [1.29, 1.82) is 0 Å². The number of nitrogens with one attached hydrogen (secondary N) is 1. The minimum atomic E-state index is -0.977. The number of carbonyl (C=O) groups excluding carboxylic acids is 3. The molecular formula is C30H31N3O7. The number of methoxy groups -OCH3 is 2. The Labute approximate surface area is 232 Å². The van der Waals surface area contributed by atoms with Gasteiger partial charge in [-0.15, -0.1) is 0 Å². The summed E-state index contributed by atoms with van der Waals surface area (Å²) in [5.41, 5.74) is 1.99. The number of nitrogens with zero attached hydrogens (tertiary/aromatic N) is 2. The molecule has 3 unspecified atom stereocenters. The SMILES string of the molecule is COC(=O)C1CC(C(=O)NCc2ccc(OC)cc2)N(C(=O)CCc2ccccc2)C1c1cccc([N+](=O)[O-])c1. The number of aryl methyl sites for hydroxylation is 1. The largest absolute Gasteiger partial charge is 0.497 e. The molecule has 0 spiro atoms. The first-order valence-corrected chi connectivity index (χ1v) is 12.9. The van der Waals surface area contributed by atoms with Crippen LogP contribution in [0.5, 0.6) is 5.75 Å². The van der Waals surface area contributed by atoms with Gasteiger partial charge in [-0.2, -0.15) is 0 Å². The number of benzene rings is 3. The van der Waals surface area contributed by atoms with Crippen molar-refractivity contribution in [3.8, 4) is 5.75 Å². The number of hydrogen-bond donors (Lipinski definition) is 1. The van der Waals surface area contributed by atoms with Crippen molar-refractivity contribution in [2.75, 3.05) is 14.2 Å². The van der Waals surface area contributed by atoms with Gasteiger partial charge in [-0.25, -0.2) is 0 Å². The molecule has 3 atom stereocenters. The van der Waals surface area contributed by atoms with Gasteiger partial charge >= 0.3 is 5.97 Å². The van der Waals surface area contributed by atoms with E-state index in [0.29, 0.717) is 17.7 Å². The lowest BCUT2D eigenvalue weighted by atomic mass is 9.92. The first-order chi connectivity index (χ1) is 19.3. The highest BCUT2D eigenvalue weighted by Crippen LogP contribution is 2.43. The highest BCUT2D eigenvalue weighted by Gasteiger charge is 2.50. The van der Waals surface area contributed by atoms with Crippen LogP contribution in [0.15, 0.2) is 78.9 Å². The van der Waals surface area contributed by atoms with Crippen LogP contribution in [0.4, 0.5) is 5.69 Å². The molecule has 1 heterocycles. The second-order valence-corrected chi connectivity index (χ2v) is 9.53. The Morgan fingerprint density at radius 1 is 0.975 bits per heavy atom. The Morgan fingerprint density at radius 3 is 2.35 bits per heavy atom. The zero-order valence-corrected chi connectivity index (χ0v) is 22.3. The second kappa shape index (κ2) is 12.9. The third kappa shape index (κ3) is 6.45. The van der Waals surface area contributed by atoms with Gasteiger partial charge < -0.3 is 19.7 Å². The Morgan fingerprint density at radius 2 is 1.70 bits per heavy atom. The Kier molecular flexibility index (Phi) is 9.11. The van der Waals surface area contributed by atoms with E-state index in [1.807, 2.05) is 42.5 Å². The van der Waals surface area contributed by atoms with E-state index in [1.54, 1.807) is 25.3 Å². The summed E-state index contributed by atoms with van der Waals surface area (Å²) in [4.78, 5) is 52.6. The van der Waals surface area contributed by atoms with Crippen molar-refractivity contribution in [1.82, 2.24) is 10.2 Å². The fourth-order valence-corrected chi connectivity index (χ4v) is 5.10. The van der Waals surface area contributed by atoms with E-state index in [4.69, 9.17) is 9.47 Å². The number of ether oxygens (including phenoxy) is 2. The summed E-state index contributed by atoms with van der Waals surface area (Å²) in [5.74, 6) is -1.56. The lowest BCUT2D eigenvalue weighted by molar-refractivity contribution is -0.385. The average molecular weight is 546 g/mol. The van der Waals surface area contributed by atoms with Crippen LogP contribution in [0.3, 0.4) is 0 Å². The van der Waals surface area contributed by atoms with Crippen LogP contribution in [0.1, 0.15) is 35.6 Å². The van der Waals surface area contributed by atoms with Gasteiger partial charge in [0.15, 0.2) is 0 Å². The van der Waals surface area contributed by atoms with Crippen molar-refractivity contribution in [3.05, 3.63) is 106 Å². The highest BCUT2D eigenvalue weighted by molar-refractivity contribution is 5.91. The number of esters is 1. The van der Waals surface area contributed by atoms with E-state index in [1.165, 1.54) is 30.2 Å². The molecule has 208 valence electrons. The maximum absolute atomic E-state index is 13.8. The number of amides is 2. The molecule has 1 saturated heterocycles. The highest BCUT2D eigenvalue weighted by atomic mass is 16.6. The van der Waals surface area contributed by atoms with Crippen molar-refractivity contribution >= 4 is 23.5 Å². The third-order valence-corrected chi connectivity index (χ3v) is 7.11. The summed E-state index contributed by atoms with van der Waals surface area (Å²) in [5, 5.41) is 14.4. The van der Waals surface area contributed by atoms with E-state index in [9.17, 15) is 24.5 Å². The number of rotatable bonds is 10. The molecule has 3 aromatic carbocycles. The minimum Gasteiger partial charge on any atom is -0.497 e. The van der Waals surface area contributed by atoms with Gasteiger partial charge in [0.2, 0.25) is 11.8 Å². The van der Waals surface area contributed by atoms with E-state index in [2.05, 4.69) is 5.32 Å². The van der Waals surface area contributed by atoms with Gasteiger partial charge in [0.25, 0.3) is 5.69 Å². The normalized spacial score (nSPS) is 18.1. The molecule has 1 fully saturated rings. The van der Waals surface area contributed by atoms with E-state index < -0.39 is 34.8 Å². The molecule has 0 saturated carbocycles. The summed E-state index contributed by atoms with van der Waals surface area (Å²) < 4.78 is 10.2. The lowest BCUT2D eigenvalue weighted by Crippen LogP contribution is -2.46. The zero-order valence-electron chi connectivity index (χ0n) is 22.3. The van der Waals surface area contributed by atoms with Crippen LogP contribution in [-0.2, 0) is 32.1 Å². The maximum atomic E-state index is 13.8. The van der Waals surface area contributed by atoms with Crippen LogP contribution < -0.4 is 10.1 Å². The van der Waals surface area contributed by atoms with E-state index in [0.717, 1.165) is 11.1 Å². The third-order valence-electron chi connectivity index (χ3n) is 7.11. The van der Waals surface area contributed by atoms with Crippen molar-refractivity contribution in [2.45, 2.75) is 37.9 Å². The predicted octanol–water partition coefficient (Wildman–Crippen LogP) is 3.98. The molecule has 4 rings (SSSR count). The van der Waals surface area contributed by atoms with Gasteiger partial charge in [0.05, 0.1) is 31.1 Å². The standard InChI is InChI=1S/C30H31N3O7/c1-39-24-14-11-21(12-15-24)19-31-29(35)26-18-25(30(36)40-2)28(22-9-6-10-23(17-22)33(37)38)32(26)27(34)16-13-20-7-4-3-5-8-20/h3-12,14-15,17,25-26,28H,13,16,18-19H2,1-2H3,(H,31,35). The average Bonchev–Trinajstić information content (AvgIpc) is 3.40. The molecule has 1 aliphatic rings. The van der Waals surface area contributed by atoms with Gasteiger partial charge in [-0.05, 0) is 41.7 Å². The van der Waals surface area contributed by atoms with Gasteiger partial charge in [-0.3, -0.25) is 24.5 Å². The quantitative estimate of drug-likeness (QED) is 0.232. The molecule has 0 radical (unpaired) electrons. The van der Waals surface area contributed by atoms with Crippen LogP contribution in [0.2, 0.25) is 0 Å². The molecule has 1 N–H and O–H groups in total. The smallest absolute Gasteiger partial charge is 0.311 e. The number of hydrogen-bond acceptors (Lipinski definition) is 7.